The van der Waals surface area contributed by atoms with E-state index in [0.717, 1.165) is 24.3 Å². The zero-order valence-corrected chi connectivity index (χ0v) is 12.2. The van der Waals surface area contributed by atoms with E-state index in [0.29, 0.717) is 0 Å². The fraction of sp³-hybridized carbons (Fsp3) is 0.625. The number of nitrogens with two attached hydrogens (primary N) is 1. The molecule has 2 saturated heterocycles. The minimum absolute atomic E-state index is 0.730. The quantitative estimate of drug-likeness (QED) is 0.633. The third-order valence-electron chi connectivity index (χ3n) is 5.36. The van der Waals surface area contributed by atoms with Crippen LogP contribution < -0.4 is 15.5 Å². The van der Waals surface area contributed by atoms with Gasteiger partial charge in [-0.3, -0.25) is 4.48 Å². The van der Waals surface area contributed by atoms with Gasteiger partial charge in [-0.15, -0.1) is 0 Å². The van der Waals surface area contributed by atoms with Crippen LogP contribution in [0.1, 0.15) is 31.7 Å². The first-order chi connectivity index (χ1) is 9.14. The summed E-state index contributed by atoms with van der Waals surface area (Å²) in [4.78, 5) is 0. The number of likely N-dealkylation sites (tertiary alicyclic amines) is 1. The van der Waals surface area contributed by atoms with E-state index in [9.17, 15) is 0 Å². The molecular weight excluding hydrogens is 234 g/mol. The Morgan fingerprint density at radius 2 is 2.16 bits per heavy atom. The topological polar surface area (TPSA) is 38.0 Å². The monoisotopic (exact) mass is 260 g/mol. The maximum absolute atomic E-state index is 6.00. The third-order valence-corrected chi connectivity index (χ3v) is 5.36. The van der Waals surface area contributed by atoms with E-state index in [2.05, 4.69) is 37.4 Å². The van der Waals surface area contributed by atoms with Crippen molar-refractivity contribution in [1.29, 1.82) is 0 Å². The van der Waals surface area contributed by atoms with E-state index in [4.69, 9.17) is 5.73 Å². The number of rotatable bonds is 2. The van der Waals surface area contributed by atoms with Crippen molar-refractivity contribution >= 4 is 11.4 Å². The third kappa shape index (κ3) is 1.96. The molecular formula is C16H26N3+. The maximum atomic E-state index is 6.00. The highest BCUT2D eigenvalue weighted by molar-refractivity contribution is 5.57. The lowest BCUT2D eigenvalue weighted by molar-refractivity contribution is 0.203. The Bertz CT molecular complexity index is 465. The Labute approximate surface area is 116 Å². The summed E-state index contributed by atoms with van der Waals surface area (Å²) in [5.41, 5.74) is 9.61. The van der Waals surface area contributed by atoms with Gasteiger partial charge in [-0.2, -0.15) is 0 Å². The van der Waals surface area contributed by atoms with Crippen LogP contribution in [0.3, 0.4) is 0 Å². The molecule has 0 spiro atoms. The largest absolute Gasteiger partial charge is 0.399 e. The first-order valence-electron chi connectivity index (χ1n) is 7.59. The molecule has 0 bridgehead atoms. The summed E-state index contributed by atoms with van der Waals surface area (Å²) in [6.45, 7) is 8.18. The number of hydrogen-bond acceptors (Lipinski definition) is 2. The molecule has 3 atom stereocenters. The van der Waals surface area contributed by atoms with Gasteiger partial charge in [0.1, 0.15) is 11.7 Å². The number of benzene rings is 1. The molecule has 104 valence electrons. The Balaban J connectivity index is 2.05. The maximum Gasteiger partial charge on any atom is 0.133 e. The zero-order chi connectivity index (χ0) is 13.5. The van der Waals surface area contributed by atoms with Gasteiger partial charge in [0.25, 0.3) is 0 Å². The summed E-state index contributed by atoms with van der Waals surface area (Å²) < 4.78 is 1.17. The molecule has 0 radical (unpaired) electrons. The van der Waals surface area contributed by atoms with E-state index in [-0.39, 0.29) is 0 Å². The van der Waals surface area contributed by atoms with Gasteiger partial charge in [0.2, 0.25) is 0 Å². The van der Waals surface area contributed by atoms with E-state index in [1.807, 2.05) is 0 Å². The van der Waals surface area contributed by atoms with Gasteiger partial charge in [0, 0.05) is 50.2 Å². The predicted molar refractivity (Wildman–Crippen MR) is 82.2 cm³/mol. The summed E-state index contributed by atoms with van der Waals surface area (Å²) in [7, 11) is 0. The van der Waals surface area contributed by atoms with Crippen LogP contribution in [0.4, 0.5) is 11.4 Å². The average Bonchev–Trinajstić information content (AvgIpc) is 3.02. The number of aryl methyl sites for hydroxylation is 1. The second-order valence-corrected chi connectivity index (χ2v) is 6.33. The highest BCUT2D eigenvalue weighted by Gasteiger charge is 2.48. The van der Waals surface area contributed by atoms with Gasteiger partial charge in [0.15, 0.2) is 0 Å². The first-order valence-corrected chi connectivity index (χ1v) is 7.59. The molecule has 1 unspecified atom stereocenters. The smallest absolute Gasteiger partial charge is 0.133 e. The van der Waals surface area contributed by atoms with E-state index < -0.39 is 0 Å². The fourth-order valence-corrected chi connectivity index (χ4v) is 4.19. The molecule has 2 aliphatic rings. The van der Waals surface area contributed by atoms with Crippen molar-refractivity contribution in [2.45, 2.75) is 45.2 Å². The van der Waals surface area contributed by atoms with Crippen molar-refractivity contribution in [3.05, 3.63) is 23.8 Å². The van der Waals surface area contributed by atoms with Crippen LogP contribution in [0, 0.1) is 6.92 Å². The molecule has 19 heavy (non-hydrogen) atoms. The number of nitrogens with one attached hydrogen (secondary N) is 1. The summed E-state index contributed by atoms with van der Waals surface area (Å²) in [6.07, 6.45) is 3.99. The second kappa shape index (κ2) is 4.80. The summed E-state index contributed by atoms with van der Waals surface area (Å²) in [6, 6.07) is 8.16. The minimum Gasteiger partial charge on any atom is -0.399 e. The lowest BCUT2D eigenvalue weighted by Gasteiger charge is -2.43. The molecule has 3 heteroatoms. The minimum atomic E-state index is 0.730. The number of hydrogen-bond donors (Lipinski definition) is 2. The van der Waals surface area contributed by atoms with Crippen LogP contribution in [0.25, 0.3) is 0 Å². The Hall–Kier alpha value is -1.06. The molecule has 0 aliphatic carbocycles. The zero-order valence-electron chi connectivity index (χ0n) is 12.2. The van der Waals surface area contributed by atoms with Crippen LogP contribution >= 0.6 is 0 Å². The average molecular weight is 260 g/mol. The fourth-order valence-electron chi connectivity index (χ4n) is 4.19. The van der Waals surface area contributed by atoms with Gasteiger partial charge in [-0.05, 0) is 25.5 Å². The Kier molecular flexibility index (Phi) is 3.27. The normalized spacial score (nSPS) is 34.8. The van der Waals surface area contributed by atoms with Crippen LogP contribution in [-0.4, -0.2) is 31.7 Å². The lowest BCUT2D eigenvalue weighted by Crippen LogP contribution is -2.59. The highest BCUT2D eigenvalue weighted by Crippen LogP contribution is 2.39. The summed E-state index contributed by atoms with van der Waals surface area (Å²) in [5, 5.41) is 3.55. The standard InChI is InChI=1S/C16H26N3/c1-12-10-14(5-6-16(12)17)19(9-3-4-13(19)2)15-7-8-18-11-15/h5-6,10,13,15,18H,3-4,7-9,11,17H2,1-2H3/q+1/t13-,15-,19?/m0/s1. The molecule has 2 heterocycles. The predicted octanol–water partition coefficient (Wildman–Crippen LogP) is 2.43. The van der Waals surface area contributed by atoms with Crippen molar-refractivity contribution < 1.29 is 0 Å². The molecule has 0 amide bonds. The van der Waals surface area contributed by atoms with E-state index in [1.54, 1.807) is 0 Å². The molecule has 0 saturated carbocycles. The summed E-state index contributed by atoms with van der Waals surface area (Å²) >= 11 is 0. The molecule has 2 aliphatic heterocycles. The Morgan fingerprint density at radius 1 is 1.32 bits per heavy atom. The first kappa shape index (κ1) is 12.9. The molecule has 3 N–H and O–H groups in total. The van der Waals surface area contributed by atoms with Crippen LogP contribution in [0.5, 0.6) is 0 Å². The van der Waals surface area contributed by atoms with Gasteiger partial charge < -0.3 is 11.1 Å². The van der Waals surface area contributed by atoms with E-state index >= 15 is 0 Å². The van der Waals surface area contributed by atoms with Crippen molar-refractivity contribution in [1.82, 2.24) is 9.80 Å². The molecule has 1 aromatic rings. The second-order valence-electron chi connectivity index (χ2n) is 6.33. The highest BCUT2D eigenvalue weighted by atomic mass is 15.4. The van der Waals surface area contributed by atoms with Crippen LogP contribution in [-0.2, 0) is 0 Å². The number of nitrogens with zero attached hydrogens (tertiary/aromatic N) is 1. The number of quaternary nitrogens is 1. The molecule has 1 aromatic carbocycles. The van der Waals surface area contributed by atoms with Gasteiger partial charge >= 0.3 is 0 Å². The van der Waals surface area contributed by atoms with Crippen molar-refractivity contribution in [2.75, 3.05) is 25.4 Å². The molecule has 3 rings (SSSR count). The van der Waals surface area contributed by atoms with Gasteiger partial charge in [-0.1, -0.05) is 0 Å². The lowest BCUT2D eigenvalue weighted by atomic mass is 10.0. The van der Waals surface area contributed by atoms with Gasteiger partial charge in [0.05, 0.1) is 12.6 Å². The summed E-state index contributed by atoms with van der Waals surface area (Å²) in [5.74, 6) is 0. The Morgan fingerprint density at radius 3 is 2.74 bits per heavy atom. The molecule has 3 nitrogen and oxygen atoms in total. The molecule has 2 fully saturated rings. The van der Waals surface area contributed by atoms with Crippen molar-refractivity contribution in [2.24, 2.45) is 0 Å². The van der Waals surface area contributed by atoms with Crippen LogP contribution in [0.2, 0.25) is 0 Å². The van der Waals surface area contributed by atoms with Crippen molar-refractivity contribution in [3.63, 3.8) is 0 Å². The SMILES string of the molecule is Cc1cc([N+]2([C@H]3CCNC3)CCC[C@@H]2C)ccc1N. The van der Waals surface area contributed by atoms with Crippen LogP contribution in [0.15, 0.2) is 18.2 Å². The van der Waals surface area contributed by atoms with Crippen molar-refractivity contribution in [3.8, 4) is 0 Å². The molecule has 0 aromatic heterocycles. The number of anilines is 1. The van der Waals surface area contributed by atoms with E-state index in [1.165, 1.54) is 48.1 Å². The van der Waals surface area contributed by atoms with Gasteiger partial charge in [-0.25, -0.2) is 0 Å². The number of nitrogen functional groups attached to an aromatic ring is 1.